The number of rotatable bonds is 4. The highest BCUT2D eigenvalue weighted by Gasteiger charge is 2.21. The Balaban J connectivity index is 1.88. The summed E-state index contributed by atoms with van der Waals surface area (Å²) in [7, 11) is 0. The van der Waals surface area contributed by atoms with Gasteiger partial charge in [-0.2, -0.15) is 0 Å². The zero-order valence-corrected chi connectivity index (χ0v) is 13.7. The molecule has 2 N–H and O–H groups in total. The number of nitrogens with zero attached hydrogens (tertiary/aromatic N) is 1. The summed E-state index contributed by atoms with van der Waals surface area (Å²) in [6, 6.07) is 8.24. The lowest BCUT2D eigenvalue weighted by Crippen LogP contribution is -2.18. The van der Waals surface area contributed by atoms with Crippen molar-refractivity contribution in [3.05, 3.63) is 47.0 Å². The van der Waals surface area contributed by atoms with Gasteiger partial charge in [0.1, 0.15) is 0 Å². The normalized spacial score (nSPS) is 16.5. The highest BCUT2D eigenvalue weighted by Crippen LogP contribution is 2.28. The lowest BCUT2D eigenvalue weighted by molar-refractivity contribution is -0.115. The van der Waals surface area contributed by atoms with Crippen molar-refractivity contribution in [2.24, 2.45) is 0 Å². The molecule has 0 aliphatic carbocycles. The topological polar surface area (TPSA) is 65.8 Å². The molecule has 1 aliphatic rings. The molecule has 1 aliphatic heterocycles. The largest absolute Gasteiger partial charge is 0.301 e. The predicted octanol–water partition coefficient (Wildman–Crippen LogP) is 3.57. The van der Waals surface area contributed by atoms with E-state index in [1.54, 1.807) is 11.8 Å². The molecule has 2 aromatic rings. The molecule has 0 radical (unpaired) electrons. The minimum atomic E-state index is -0.181. The van der Waals surface area contributed by atoms with Crippen LogP contribution < -0.4 is 5.32 Å². The Bertz CT molecular complexity index is 786. The predicted molar refractivity (Wildman–Crippen MR) is 93.4 cm³/mol. The molecule has 0 saturated carbocycles. The minimum absolute atomic E-state index is 0.181. The quantitative estimate of drug-likeness (QED) is 0.665. The summed E-state index contributed by atoms with van der Waals surface area (Å²) in [5.74, 6) is 0.839. The molecule has 3 rings (SSSR count). The highest BCUT2D eigenvalue weighted by atomic mass is 32.2. The molecule has 22 heavy (non-hydrogen) atoms. The number of pyridine rings is 1. The molecule has 4 nitrogen and oxygen atoms in total. The van der Waals surface area contributed by atoms with E-state index in [2.05, 4.69) is 23.3 Å². The van der Waals surface area contributed by atoms with Gasteiger partial charge in [-0.15, -0.1) is 11.8 Å². The van der Waals surface area contributed by atoms with Gasteiger partial charge in [-0.05, 0) is 47.7 Å². The number of nitrogens with one attached hydrogen (secondary N) is 2. The number of allylic oxidation sites excluding steroid dienone is 1. The van der Waals surface area contributed by atoms with Gasteiger partial charge in [0, 0.05) is 16.5 Å². The fraction of sp³-hybridized carbons (Fsp3) is 0.188. The Labute approximate surface area is 137 Å². The molecule has 1 amide bonds. The second-order valence-corrected chi connectivity index (χ2v) is 7.11. The number of amidine groups is 1. The van der Waals surface area contributed by atoms with Crippen molar-refractivity contribution in [1.82, 2.24) is 10.3 Å². The van der Waals surface area contributed by atoms with Crippen LogP contribution in [0.4, 0.5) is 0 Å². The number of benzene rings is 1. The van der Waals surface area contributed by atoms with E-state index in [4.69, 9.17) is 5.41 Å². The summed E-state index contributed by atoms with van der Waals surface area (Å²) in [5.41, 5.74) is 2.13. The smallest absolute Gasteiger partial charge is 0.263 e. The monoisotopic (exact) mass is 329 g/mol. The van der Waals surface area contributed by atoms with Crippen LogP contribution in [0.2, 0.25) is 0 Å². The SMILES string of the molecule is CCSc1ccnc2ccc(C/C=C3\SC(=N)NC3=O)cc12. The van der Waals surface area contributed by atoms with Crippen molar-refractivity contribution < 1.29 is 4.79 Å². The van der Waals surface area contributed by atoms with Gasteiger partial charge in [0.15, 0.2) is 5.17 Å². The number of carbonyl (C=O) groups excluding carboxylic acids is 1. The van der Waals surface area contributed by atoms with Gasteiger partial charge in [-0.1, -0.05) is 19.1 Å². The highest BCUT2D eigenvalue weighted by molar-refractivity contribution is 8.18. The van der Waals surface area contributed by atoms with E-state index in [-0.39, 0.29) is 11.1 Å². The first-order valence-corrected chi connectivity index (χ1v) is 8.76. The number of aromatic nitrogens is 1. The third kappa shape index (κ3) is 3.18. The van der Waals surface area contributed by atoms with E-state index in [9.17, 15) is 4.79 Å². The number of amides is 1. The summed E-state index contributed by atoms with van der Waals surface area (Å²) < 4.78 is 0. The van der Waals surface area contributed by atoms with Crippen LogP contribution >= 0.6 is 23.5 Å². The van der Waals surface area contributed by atoms with Gasteiger partial charge >= 0.3 is 0 Å². The van der Waals surface area contributed by atoms with Crippen molar-refractivity contribution >= 4 is 45.5 Å². The Morgan fingerprint density at radius 1 is 1.41 bits per heavy atom. The second-order valence-electron chi connectivity index (χ2n) is 4.75. The Kier molecular flexibility index (Phi) is 4.49. The maximum Gasteiger partial charge on any atom is 0.263 e. The van der Waals surface area contributed by atoms with E-state index in [0.717, 1.165) is 22.2 Å². The Hall–Kier alpha value is -1.79. The fourth-order valence-corrected chi connectivity index (χ4v) is 3.73. The summed E-state index contributed by atoms with van der Waals surface area (Å²) in [6.45, 7) is 2.13. The molecule has 112 valence electrons. The first-order chi connectivity index (χ1) is 10.7. The zero-order valence-electron chi connectivity index (χ0n) is 12.1. The number of fused-ring (bicyclic) bond motifs is 1. The summed E-state index contributed by atoms with van der Waals surface area (Å²) in [4.78, 5) is 17.8. The Morgan fingerprint density at radius 3 is 3.00 bits per heavy atom. The van der Waals surface area contributed by atoms with E-state index in [1.807, 2.05) is 30.5 Å². The van der Waals surface area contributed by atoms with Gasteiger partial charge < -0.3 is 5.32 Å². The Morgan fingerprint density at radius 2 is 2.27 bits per heavy atom. The lowest BCUT2D eigenvalue weighted by Gasteiger charge is -2.06. The molecule has 0 atom stereocenters. The number of carbonyl (C=O) groups is 1. The molecule has 1 aromatic heterocycles. The molecule has 0 bridgehead atoms. The first-order valence-electron chi connectivity index (χ1n) is 6.95. The molecule has 6 heteroatoms. The van der Waals surface area contributed by atoms with E-state index >= 15 is 0 Å². The average molecular weight is 329 g/mol. The van der Waals surface area contributed by atoms with Gasteiger partial charge in [0.25, 0.3) is 5.91 Å². The van der Waals surface area contributed by atoms with Crippen LogP contribution in [0, 0.1) is 5.41 Å². The molecule has 0 unspecified atom stereocenters. The molecule has 1 aromatic carbocycles. The van der Waals surface area contributed by atoms with Crippen molar-refractivity contribution in [3.63, 3.8) is 0 Å². The van der Waals surface area contributed by atoms with Crippen molar-refractivity contribution in [2.45, 2.75) is 18.2 Å². The van der Waals surface area contributed by atoms with Crippen LogP contribution in [0.1, 0.15) is 12.5 Å². The maximum absolute atomic E-state index is 11.6. The van der Waals surface area contributed by atoms with Gasteiger partial charge in [0.05, 0.1) is 10.4 Å². The van der Waals surface area contributed by atoms with Crippen LogP contribution in [0.25, 0.3) is 10.9 Å². The standard InChI is InChI=1S/C16H15N3OS2/c1-2-21-13-7-8-18-12-5-3-10(9-11(12)13)4-6-14-15(20)19-16(17)22-14/h3,5-9H,2,4H2,1H3,(H2,17,19,20)/b14-6-. The third-order valence-electron chi connectivity index (χ3n) is 3.25. The van der Waals surface area contributed by atoms with E-state index in [1.165, 1.54) is 16.7 Å². The first kappa shape index (κ1) is 15.1. The zero-order chi connectivity index (χ0) is 15.5. The summed E-state index contributed by atoms with van der Waals surface area (Å²) in [5, 5.41) is 11.3. The minimum Gasteiger partial charge on any atom is -0.301 e. The van der Waals surface area contributed by atoms with Crippen LogP contribution in [0.3, 0.4) is 0 Å². The van der Waals surface area contributed by atoms with Crippen LogP contribution in [0.15, 0.2) is 46.3 Å². The van der Waals surface area contributed by atoms with Gasteiger partial charge in [-0.25, -0.2) is 0 Å². The van der Waals surface area contributed by atoms with Crippen LogP contribution in [0.5, 0.6) is 0 Å². The fourth-order valence-electron chi connectivity index (χ4n) is 2.27. The van der Waals surface area contributed by atoms with Gasteiger partial charge in [-0.3, -0.25) is 15.2 Å². The molecular weight excluding hydrogens is 314 g/mol. The molecular formula is C16H15N3OS2. The van der Waals surface area contributed by atoms with E-state index in [0.29, 0.717) is 11.3 Å². The summed E-state index contributed by atoms with van der Waals surface area (Å²) in [6.07, 6.45) is 4.39. The van der Waals surface area contributed by atoms with Crippen molar-refractivity contribution in [1.29, 1.82) is 5.41 Å². The lowest BCUT2D eigenvalue weighted by atomic mass is 10.1. The van der Waals surface area contributed by atoms with Crippen molar-refractivity contribution in [2.75, 3.05) is 5.75 Å². The second kappa shape index (κ2) is 6.54. The number of thioether (sulfide) groups is 2. The molecule has 1 fully saturated rings. The number of hydrogen-bond donors (Lipinski definition) is 2. The van der Waals surface area contributed by atoms with E-state index < -0.39 is 0 Å². The number of hydrogen-bond acceptors (Lipinski definition) is 5. The average Bonchev–Trinajstić information content (AvgIpc) is 2.84. The van der Waals surface area contributed by atoms with Crippen molar-refractivity contribution in [3.8, 4) is 0 Å². The third-order valence-corrected chi connectivity index (χ3v) is 5.09. The molecule has 1 saturated heterocycles. The molecule has 0 spiro atoms. The van der Waals surface area contributed by atoms with Gasteiger partial charge in [0.2, 0.25) is 0 Å². The maximum atomic E-state index is 11.6. The van der Waals surface area contributed by atoms with Crippen LogP contribution in [-0.2, 0) is 11.2 Å². The van der Waals surface area contributed by atoms with Crippen LogP contribution in [-0.4, -0.2) is 21.8 Å². The summed E-state index contributed by atoms with van der Waals surface area (Å²) >= 11 is 2.98. The molecule has 2 heterocycles.